The fourth-order valence-electron chi connectivity index (χ4n) is 2.92. The molecular formula is C23H13Cl2NO3. The second-order valence-corrected chi connectivity index (χ2v) is 7.08. The fourth-order valence-corrected chi connectivity index (χ4v) is 3.49. The van der Waals surface area contributed by atoms with E-state index in [-0.39, 0.29) is 22.2 Å². The number of fused-ring (bicyclic) bond motifs is 1. The first kappa shape index (κ1) is 19.1. The van der Waals surface area contributed by atoms with Gasteiger partial charge < -0.3 is 4.74 Å². The van der Waals surface area contributed by atoms with Crippen molar-refractivity contribution in [1.29, 1.82) is 0 Å². The average molecular weight is 422 g/mol. The molecule has 0 aliphatic carbocycles. The summed E-state index contributed by atoms with van der Waals surface area (Å²) in [4.78, 5) is 29.9. The number of benzene rings is 3. The van der Waals surface area contributed by atoms with Crippen LogP contribution in [0, 0.1) is 0 Å². The molecule has 0 saturated carbocycles. The van der Waals surface area contributed by atoms with Gasteiger partial charge >= 0.3 is 5.97 Å². The number of carbonyl (C=O) groups excluding carboxylic acids is 2. The number of ether oxygens (including phenoxy) is 1. The molecule has 0 unspecified atom stereocenters. The van der Waals surface area contributed by atoms with Gasteiger partial charge in [0.2, 0.25) is 5.78 Å². The lowest BCUT2D eigenvalue weighted by atomic mass is 10.1. The van der Waals surface area contributed by atoms with Crippen LogP contribution >= 0.6 is 23.2 Å². The van der Waals surface area contributed by atoms with Crippen LogP contribution in [-0.2, 0) is 0 Å². The van der Waals surface area contributed by atoms with Crippen LogP contribution in [0.5, 0.6) is 5.75 Å². The van der Waals surface area contributed by atoms with Gasteiger partial charge in [0.1, 0.15) is 11.4 Å². The van der Waals surface area contributed by atoms with E-state index >= 15 is 0 Å². The Labute approximate surface area is 176 Å². The van der Waals surface area contributed by atoms with Crippen LogP contribution in [-0.4, -0.2) is 16.7 Å². The maximum Gasteiger partial charge on any atom is 0.343 e. The van der Waals surface area contributed by atoms with Crippen LogP contribution in [0.2, 0.25) is 10.0 Å². The fraction of sp³-hybridized carbons (Fsp3) is 0. The highest BCUT2D eigenvalue weighted by Crippen LogP contribution is 2.35. The van der Waals surface area contributed by atoms with Crippen molar-refractivity contribution in [3.8, 4) is 5.75 Å². The molecule has 4 rings (SSSR count). The molecule has 4 aromatic rings. The van der Waals surface area contributed by atoms with Crippen LogP contribution in [0.1, 0.15) is 26.4 Å². The number of hydrogen-bond acceptors (Lipinski definition) is 4. The second-order valence-electron chi connectivity index (χ2n) is 6.24. The molecule has 0 saturated heterocycles. The van der Waals surface area contributed by atoms with Crippen molar-refractivity contribution in [2.24, 2.45) is 0 Å². The predicted molar refractivity (Wildman–Crippen MR) is 113 cm³/mol. The highest BCUT2D eigenvalue weighted by molar-refractivity contribution is 6.39. The smallest absolute Gasteiger partial charge is 0.343 e. The molecule has 0 fully saturated rings. The normalized spacial score (nSPS) is 10.7. The first-order valence-electron chi connectivity index (χ1n) is 8.70. The standard InChI is InChI=1S/C23H13Cl2NO3/c24-16-11-17(25)21-18(12-16)26-19(22(27)14-7-3-1-4-8-14)13-20(21)29-23(28)15-9-5-2-6-10-15/h1-13H. The molecule has 142 valence electrons. The maximum atomic E-state index is 12.9. The summed E-state index contributed by atoms with van der Waals surface area (Å²) in [7, 11) is 0. The zero-order chi connectivity index (χ0) is 20.4. The SMILES string of the molecule is O=C(Oc1cc(C(=O)c2ccccc2)nc2cc(Cl)cc(Cl)c12)c1ccccc1. The van der Waals surface area contributed by atoms with E-state index in [4.69, 9.17) is 27.9 Å². The van der Waals surface area contributed by atoms with Gasteiger partial charge in [-0.1, -0.05) is 71.7 Å². The van der Waals surface area contributed by atoms with Crippen molar-refractivity contribution in [3.05, 3.63) is 106 Å². The van der Waals surface area contributed by atoms with Gasteiger partial charge in [-0.2, -0.15) is 0 Å². The quantitative estimate of drug-likeness (QED) is 0.299. The van der Waals surface area contributed by atoms with Crippen LogP contribution in [0.4, 0.5) is 0 Å². The molecule has 0 aliphatic heterocycles. The van der Waals surface area contributed by atoms with Gasteiger partial charge in [-0.3, -0.25) is 4.79 Å². The van der Waals surface area contributed by atoms with E-state index in [0.29, 0.717) is 27.1 Å². The van der Waals surface area contributed by atoms with E-state index in [1.165, 1.54) is 12.1 Å². The van der Waals surface area contributed by atoms with Gasteiger partial charge in [-0.25, -0.2) is 9.78 Å². The zero-order valence-electron chi connectivity index (χ0n) is 14.9. The number of rotatable bonds is 4. The lowest BCUT2D eigenvalue weighted by Gasteiger charge is -2.12. The Morgan fingerprint density at radius 2 is 1.41 bits per heavy atom. The number of nitrogens with zero attached hydrogens (tertiary/aromatic N) is 1. The third-order valence-electron chi connectivity index (χ3n) is 4.27. The van der Waals surface area contributed by atoms with Crippen LogP contribution < -0.4 is 4.74 Å². The van der Waals surface area contributed by atoms with Crippen molar-refractivity contribution in [1.82, 2.24) is 4.98 Å². The molecule has 1 heterocycles. The summed E-state index contributed by atoms with van der Waals surface area (Å²) in [6.07, 6.45) is 0. The number of carbonyl (C=O) groups is 2. The first-order chi connectivity index (χ1) is 14.0. The number of esters is 1. The van der Waals surface area contributed by atoms with E-state index in [2.05, 4.69) is 4.98 Å². The zero-order valence-corrected chi connectivity index (χ0v) is 16.4. The summed E-state index contributed by atoms with van der Waals surface area (Å²) in [6, 6.07) is 21.8. The minimum Gasteiger partial charge on any atom is -0.422 e. The lowest BCUT2D eigenvalue weighted by molar-refractivity contribution is 0.0736. The van der Waals surface area contributed by atoms with Crippen LogP contribution in [0.25, 0.3) is 10.9 Å². The number of aromatic nitrogens is 1. The van der Waals surface area contributed by atoms with Crippen LogP contribution in [0.15, 0.2) is 78.9 Å². The first-order valence-corrected chi connectivity index (χ1v) is 9.45. The predicted octanol–water partition coefficient (Wildman–Crippen LogP) is 5.99. The molecule has 0 bridgehead atoms. The molecule has 0 atom stereocenters. The Bertz CT molecular complexity index is 1230. The van der Waals surface area contributed by atoms with Gasteiger partial charge in [0.05, 0.1) is 21.5 Å². The summed E-state index contributed by atoms with van der Waals surface area (Å²) in [6.45, 7) is 0. The Hall–Kier alpha value is -3.21. The minimum absolute atomic E-state index is 0.123. The molecule has 3 aromatic carbocycles. The molecule has 0 aliphatic rings. The Morgan fingerprint density at radius 3 is 2.07 bits per heavy atom. The van der Waals surface area contributed by atoms with Crippen LogP contribution in [0.3, 0.4) is 0 Å². The highest BCUT2D eigenvalue weighted by Gasteiger charge is 2.19. The topological polar surface area (TPSA) is 56.3 Å². The summed E-state index contributed by atoms with van der Waals surface area (Å²) in [5.41, 5.74) is 1.32. The van der Waals surface area contributed by atoms with E-state index in [1.54, 1.807) is 60.7 Å². The number of hydrogen-bond donors (Lipinski definition) is 0. The van der Waals surface area contributed by atoms with Gasteiger partial charge in [0.25, 0.3) is 0 Å². The molecule has 29 heavy (non-hydrogen) atoms. The molecule has 1 aromatic heterocycles. The molecule has 0 N–H and O–H groups in total. The van der Waals surface area contributed by atoms with Gasteiger partial charge in [0.15, 0.2) is 0 Å². The van der Waals surface area contributed by atoms with Crippen molar-refractivity contribution in [2.45, 2.75) is 0 Å². The van der Waals surface area contributed by atoms with E-state index in [9.17, 15) is 9.59 Å². The molecule has 0 spiro atoms. The maximum absolute atomic E-state index is 12.9. The Morgan fingerprint density at radius 1 is 0.793 bits per heavy atom. The Kier molecular flexibility index (Phi) is 5.30. The molecule has 6 heteroatoms. The van der Waals surface area contributed by atoms with Gasteiger partial charge in [0, 0.05) is 16.7 Å². The third kappa shape index (κ3) is 3.99. The van der Waals surface area contributed by atoms with Crippen molar-refractivity contribution in [3.63, 3.8) is 0 Å². The van der Waals surface area contributed by atoms with E-state index < -0.39 is 5.97 Å². The van der Waals surface area contributed by atoms with E-state index in [1.807, 2.05) is 6.07 Å². The lowest BCUT2D eigenvalue weighted by Crippen LogP contribution is -2.11. The van der Waals surface area contributed by atoms with Crippen molar-refractivity contribution in [2.75, 3.05) is 0 Å². The number of halogens is 2. The largest absolute Gasteiger partial charge is 0.422 e. The summed E-state index contributed by atoms with van der Waals surface area (Å²) in [5.74, 6) is -0.729. The molecule has 0 amide bonds. The number of ketones is 1. The van der Waals surface area contributed by atoms with Crippen molar-refractivity contribution >= 4 is 45.9 Å². The summed E-state index contributed by atoms with van der Waals surface area (Å²) < 4.78 is 5.60. The monoisotopic (exact) mass is 421 g/mol. The molecule has 0 radical (unpaired) electrons. The molecular weight excluding hydrogens is 409 g/mol. The van der Waals surface area contributed by atoms with E-state index in [0.717, 1.165) is 0 Å². The van der Waals surface area contributed by atoms with Crippen molar-refractivity contribution < 1.29 is 14.3 Å². The highest BCUT2D eigenvalue weighted by atomic mass is 35.5. The summed E-state index contributed by atoms with van der Waals surface area (Å²) >= 11 is 12.5. The summed E-state index contributed by atoms with van der Waals surface area (Å²) in [5, 5.41) is 1.04. The third-order valence-corrected chi connectivity index (χ3v) is 4.79. The minimum atomic E-state index is -0.567. The average Bonchev–Trinajstić information content (AvgIpc) is 2.73. The molecule has 4 nitrogen and oxygen atoms in total. The Balaban J connectivity index is 1.85. The van der Waals surface area contributed by atoms with Gasteiger partial charge in [-0.15, -0.1) is 0 Å². The number of pyridine rings is 1. The second kappa shape index (κ2) is 8.03. The van der Waals surface area contributed by atoms with Gasteiger partial charge in [-0.05, 0) is 24.3 Å².